The van der Waals surface area contributed by atoms with Gasteiger partial charge in [-0.25, -0.2) is 0 Å². The van der Waals surface area contributed by atoms with E-state index in [1.54, 1.807) is 6.92 Å². The van der Waals surface area contributed by atoms with Crippen molar-refractivity contribution in [3.63, 3.8) is 0 Å². The van der Waals surface area contributed by atoms with Crippen molar-refractivity contribution in [2.24, 2.45) is 5.92 Å². The summed E-state index contributed by atoms with van der Waals surface area (Å²) in [6, 6.07) is 7.91. The number of carbonyl (C=O) groups excluding carboxylic acids is 1. The first-order chi connectivity index (χ1) is 11.7. The van der Waals surface area contributed by atoms with E-state index in [0.29, 0.717) is 0 Å². The minimum absolute atomic E-state index is 0.117. The maximum Gasteiger partial charge on any atom is 0.159 e. The van der Waals surface area contributed by atoms with E-state index < -0.39 is 0 Å². The van der Waals surface area contributed by atoms with Crippen LogP contribution in [0, 0.1) is 5.92 Å². The van der Waals surface area contributed by atoms with Crippen molar-refractivity contribution in [2.75, 3.05) is 4.90 Å². The van der Waals surface area contributed by atoms with Gasteiger partial charge in [0.15, 0.2) is 5.78 Å². The zero-order chi connectivity index (χ0) is 16.5. The van der Waals surface area contributed by atoms with Crippen LogP contribution >= 0.6 is 0 Å². The highest BCUT2D eigenvalue weighted by Gasteiger charge is 2.24. The minimum atomic E-state index is 0.117. The smallest absolute Gasteiger partial charge is 0.159 e. The third-order valence-corrected chi connectivity index (χ3v) is 5.41. The molecule has 0 N–H and O–H groups in total. The van der Waals surface area contributed by atoms with Crippen molar-refractivity contribution in [2.45, 2.75) is 58.7 Å². The number of hydrogen-bond donors (Lipinski definition) is 0. The number of benzene rings is 1. The van der Waals surface area contributed by atoms with Crippen LogP contribution in [0.3, 0.4) is 0 Å². The zero-order valence-corrected chi connectivity index (χ0v) is 14.4. The highest BCUT2D eigenvalue weighted by Crippen LogP contribution is 2.29. The van der Waals surface area contributed by atoms with Gasteiger partial charge >= 0.3 is 0 Å². The van der Waals surface area contributed by atoms with E-state index >= 15 is 0 Å². The Kier molecular flexibility index (Phi) is 4.13. The molecular weight excluding hydrogens is 298 g/mol. The molecule has 24 heavy (non-hydrogen) atoms. The molecule has 1 fully saturated rings. The summed E-state index contributed by atoms with van der Waals surface area (Å²) in [5, 5.41) is 4.83. The number of carbonyl (C=O) groups is 1. The van der Waals surface area contributed by atoms with Crippen molar-refractivity contribution in [3.05, 3.63) is 47.3 Å². The fourth-order valence-corrected chi connectivity index (χ4v) is 4.04. The highest BCUT2D eigenvalue weighted by molar-refractivity contribution is 5.95. The van der Waals surface area contributed by atoms with Gasteiger partial charge in [0.25, 0.3) is 0 Å². The molecule has 1 aliphatic carbocycles. The van der Waals surface area contributed by atoms with Crippen LogP contribution in [0.4, 0.5) is 5.69 Å². The number of rotatable bonds is 4. The number of ketones is 1. The van der Waals surface area contributed by atoms with Gasteiger partial charge in [0.2, 0.25) is 0 Å². The van der Waals surface area contributed by atoms with Gasteiger partial charge in [-0.2, -0.15) is 5.10 Å². The number of aromatic nitrogens is 2. The molecule has 0 bridgehead atoms. The van der Waals surface area contributed by atoms with Gasteiger partial charge in [0, 0.05) is 36.1 Å². The van der Waals surface area contributed by atoms with Crippen molar-refractivity contribution >= 4 is 11.5 Å². The molecule has 4 nitrogen and oxygen atoms in total. The molecule has 1 saturated carbocycles. The Morgan fingerprint density at radius 2 is 2.04 bits per heavy atom. The first kappa shape index (κ1) is 15.4. The molecule has 4 rings (SSSR count). The fourth-order valence-electron chi connectivity index (χ4n) is 4.04. The lowest BCUT2D eigenvalue weighted by Gasteiger charge is -2.22. The average molecular weight is 323 g/mol. The van der Waals surface area contributed by atoms with Gasteiger partial charge in [0.1, 0.15) is 0 Å². The lowest BCUT2D eigenvalue weighted by molar-refractivity contribution is 0.101. The second-order valence-electron chi connectivity index (χ2n) is 7.29. The van der Waals surface area contributed by atoms with E-state index in [-0.39, 0.29) is 5.78 Å². The summed E-state index contributed by atoms with van der Waals surface area (Å²) in [5.74, 6) is 0.925. The van der Waals surface area contributed by atoms with Crippen LogP contribution in [-0.2, 0) is 19.6 Å². The standard InChI is InChI=1S/C20H25N3O/c1-15(24)17-8-5-9-19(10-17)22-12-18-13-23(21-20(18)14-22)11-16-6-3-2-4-7-16/h5,8-10,13,16H,2-4,6-7,11-12,14H2,1H3. The summed E-state index contributed by atoms with van der Waals surface area (Å²) in [5.41, 5.74) is 4.41. The van der Waals surface area contributed by atoms with Crippen molar-refractivity contribution in [3.8, 4) is 0 Å². The van der Waals surface area contributed by atoms with Gasteiger partial charge in [-0.15, -0.1) is 0 Å². The van der Waals surface area contributed by atoms with Crippen LogP contribution in [0.5, 0.6) is 0 Å². The Morgan fingerprint density at radius 1 is 1.21 bits per heavy atom. The molecule has 2 heterocycles. The summed E-state index contributed by atoms with van der Waals surface area (Å²) in [6.07, 6.45) is 9.11. The molecule has 4 heteroatoms. The lowest BCUT2D eigenvalue weighted by Crippen LogP contribution is -2.18. The first-order valence-corrected chi connectivity index (χ1v) is 9.10. The topological polar surface area (TPSA) is 38.1 Å². The number of Topliss-reactive ketones (excluding diaryl/α,β-unsaturated/α-hetero) is 1. The summed E-state index contributed by atoms with van der Waals surface area (Å²) in [4.78, 5) is 13.9. The molecule has 2 aliphatic rings. The average Bonchev–Trinajstić information content (AvgIpc) is 3.14. The fraction of sp³-hybridized carbons (Fsp3) is 0.500. The summed E-state index contributed by atoms with van der Waals surface area (Å²) in [6.45, 7) is 4.43. The quantitative estimate of drug-likeness (QED) is 0.792. The van der Waals surface area contributed by atoms with E-state index in [1.165, 1.54) is 43.4 Å². The Hall–Kier alpha value is -2.10. The first-order valence-electron chi connectivity index (χ1n) is 9.10. The molecule has 2 aromatic rings. The van der Waals surface area contributed by atoms with Crippen LogP contribution in [-0.4, -0.2) is 15.6 Å². The molecule has 1 aromatic heterocycles. The van der Waals surface area contributed by atoms with Crippen LogP contribution in [0.1, 0.15) is 60.6 Å². The van der Waals surface area contributed by atoms with Crippen molar-refractivity contribution < 1.29 is 4.79 Å². The molecule has 0 unspecified atom stereocenters. The second-order valence-corrected chi connectivity index (χ2v) is 7.29. The lowest BCUT2D eigenvalue weighted by atomic mass is 9.89. The molecule has 0 radical (unpaired) electrons. The monoisotopic (exact) mass is 323 g/mol. The predicted octanol–water partition coefficient (Wildman–Crippen LogP) is 4.19. The van der Waals surface area contributed by atoms with Crippen LogP contribution < -0.4 is 4.90 Å². The zero-order valence-electron chi connectivity index (χ0n) is 14.4. The number of nitrogens with zero attached hydrogens (tertiary/aromatic N) is 3. The van der Waals surface area contributed by atoms with Crippen LogP contribution in [0.15, 0.2) is 30.5 Å². The molecule has 1 aliphatic heterocycles. The van der Waals surface area contributed by atoms with E-state index in [2.05, 4.69) is 21.8 Å². The maximum atomic E-state index is 11.6. The Morgan fingerprint density at radius 3 is 2.79 bits per heavy atom. The summed E-state index contributed by atoms with van der Waals surface area (Å²) in [7, 11) is 0. The third kappa shape index (κ3) is 3.10. The molecule has 0 atom stereocenters. The maximum absolute atomic E-state index is 11.6. The van der Waals surface area contributed by atoms with Gasteiger partial charge in [0.05, 0.1) is 12.2 Å². The molecule has 1 aromatic carbocycles. The molecular formula is C20H25N3O. The van der Waals surface area contributed by atoms with Crippen molar-refractivity contribution in [1.29, 1.82) is 0 Å². The third-order valence-electron chi connectivity index (χ3n) is 5.41. The highest BCUT2D eigenvalue weighted by atomic mass is 16.1. The van der Waals surface area contributed by atoms with Crippen LogP contribution in [0.25, 0.3) is 0 Å². The van der Waals surface area contributed by atoms with E-state index in [1.807, 2.05) is 18.2 Å². The van der Waals surface area contributed by atoms with E-state index in [9.17, 15) is 4.79 Å². The summed E-state index contributed by atoms with van der Waals surface area (Å²) < 4.78 is 2.17. The second kappa shape index (κ2) is 6.42. The molecule has 0 amide bonds. The molecule has 126 valence electrons. The largest absolute Gasteiger partial charge is 0.361 e. The SMILES string of the molecule is CC(=O)c1cccc(N2Cc3cn(CC4CCCCC4)nc3C2)c1. The minimum Gasteiger partial charge on any atom is -0.361 e. The van der Waals surface area contributed by atoms with E-state index in [4.69, 9.17) is 5.10 Å². The van der Waals surface area contributed by atoms with Crippen LogP contribution in [0.2, 0.25) is 0 Å². The number of hydrogen-bond acceptors (Lipinski definition) is 3. The Bertz CT molecular complexity index is 720. The number of fused-ring (bicyclic) bond motifs is 1. The van der Waals surface area contributed by atoms with Gasteiger partial charge in [-0.1, -0.05) is 31.4 Å². The molecule has 0 spiro atoms. The van der Waals surface area contributed by atoms with Gasteiger partial charge in [-0.3, -0.25) is 9.48 Å². The predicted molar refractivity (Wildman–Crippen MR) is 95.1 cm³/mol. The van der Waals surface area contributed by atoms with Crippen molar-refractivity contribution in [1.82, 2.24) is 9.78 Å². The number of anilines is 1. The summed E-state index contributed by atoms with van der Waals surface area (Å²) >= 11 is 0. The van der Waals surface area contributed by atoms with E-state index in [0.717, 1.165) is 36.8 Å². The van der Waals surface area contributed by atoms with Gasteiger partial charge < -0.3 is 4.90 Å². The molecule has 0 saturated heterocycles. The normalized spacial score (nSPS) is 18.0. The Balaban J connectivity index is 1.44. The van der Waals surface area contributed by atoms with Gasteiger partial charge in [-0.05, 0) is 37.8 Å². The Labute approximate surface area is 143 Å².